The van der Waals surface area contributed by atoms with Crippen LogP contribution in [0, 0.1) is 5.92 Å². The summed E-state index contributed by atoms with van der Waals surface area (Å²) in [7, 11) is 1.59. The van der Waals surface area contributed by atoms with E-state index in [1.165, 1.54) is 0 Å². The number of carbonyl (C=O) groups is 1. The zero-order chi connectivity index (χ0) is 18.7. The van der Waals surface area contributed by atoms with Crippen molar-refractivity contribution in [3.63, 3.8) is 0 Å². The molecule has 0 bridgehead atoms. The van der Waals surface area contributed by atoms with Crippen molar-refractivity contribution in [1.82, 2.24) is 14.8 Å². The minimum atomic E-state index is -1.09. The maximum absolute atomic E-state index is 12.3. The van der Waals surface area contributed by atoms with Gasteiger partial charge in [-0.1, -0.05) is 0 Å². The average Bonchev–Trinajstić information content (AvgIpc) is 2.98. The molecule has 1 fully saturated rings. The van der Waals surface area contributed by atoms with Gasteiger partial charge in [-0.2, -0.15) is 0 Å². The van der Waals surface area contributed by atoms with Crippen LogP contribution >= 0.6 is 0 Å². The maximum Gasteiger partial charge on any atom is 0.404 e. The number of rotatable bonds is 6. The molecule has 1 amide bonds. The number of aliphatic hydroxyl groups excluding tert-OH is 1. The molecular formula is C18H23N3O5. The Bertz CT molecular complexity index is 850. The summed E-state index contributed by atoms with van der Waals surface area (Å²) in [5.41, 5.74) is 0.718. The number of carboxylic acid groups (broad SMARTS) is 1. The van der Waals surface area contributed by atoms with Gasteiger partial charge >= 0.3 is 6.09 Å². The lowest BCUT2D eigenvalue weighted by atomic mass is 10.1. The number of methoxy groups -OCH3 is 1. The van der Waals surface area contributed by atoms with Crippen molar-refractivity contribution in [3.8, 4) is 5.75 Å². The van der Waals surface area contributed by atoms with Gasteiger partial charge in [-0.05, 0) is 23.6 Å². The highest BCUT2D eigenvalue weighted by Gasteiger charge is 2.31. The molecule has 2 atom stereocenters. The second-order valence-corrected chi connectivity index (χ2v) is 6.52. The zero-order valence-corrected chi connectivity index (χ0v) is 14.6. The second kappa shape index (κ2) is 7.76. The zero-order valence-electron chi connectivity index (χ0n) is 14.6. The van der Waals surface area contributed by atoms with E-state index in [4.69, 9.17) is 9.84 Å². The van der Waals surface area contributed by atoms with Crippen molar-refractivity contribution in [2.75, 3.05) is 33.3 Å². The summed E-state index contributed by atoms with van der Waals surface area (Å²) in [6.45, 7) is 2.35. The van der Waals surface area contributed by atoms with E-state index in [1.807, 2.05) is 23.1 Å². The number of aromatic nitrogens is 1. The number of likely N-dealkylation sites (tertiary alicyclic amines) is 1. The van der Waals surface area contributed by atoms with Crippen molar-refractivity contribution in [1.29, 1.82) is 0 Å². The van der Waals surface area contributed by atoms with Crippen molar-refractivity contribution in [2.24, 2.45) is 5.92 Å². The monoisotopic (exact) mass is 361 g/mol. The molecule has 1 aromatic carbocycles. The molecule has 1 saturated heterocycles. The molecule has 8 nitrogen and oxygen atoms in total. The topological polar surface area (TPSA) is 104 Å². The Morgan fingerprint density at radius 2 is 2.04 bits per heavy atom. The molecular weight excluding hydrogens is 338 g/mol. The Labute approximate surface area is 150 Å². The van der Waals surface area contributed by atoms with Crippen molar-refractivity contribution in [3.05, 3.63) is 40.7 Å². The smallest absolute Gasteiger partial charge is 0.404 e. The van der Waals surface area contributed by atoms with Crippen LogP contribution < -0.4 is 15.6 Å². The number of hydrogen-bond acceptors (Lipinski definition) is 5. The molecule has 1 aromatic heterocycles. The highest BCUT2D eigenvalue weighted by molar-refractivity contribution is 5.80. The van der Waals surface area contributed by atoms with Gasteiger partial charge in [0.25, 0.3) is 5.56 Å². The van der Waals surface area contributed by atoms with Crippen LogP contribution in [0.5, 0.6) is 5.75 Å². The lowest BCUT2D eigenvalue weighted by molar-refractivity contribution is 0.138. The summed E-state index contributed by atoms with van der Waals surface area (Å²) < 4.78 is 6.96. The Morgan fingerprint density at radius 1 is 1.27 bits per heavy atom. The molecule has 0 radical (unpaired) electrons. The van der Waals surface area contributed by atoms with Crippen LogP contribution in [-0.4, -0.2) is 65.2 Å². The summed E-state index contributed by atoms with van der Waals surface area (Å²) in [4.78, 5) is 25.0. The van der Waals surface area contributed by atoms with Gasteiger partial charge in [0.05, 0.1) is 18.7 Å². The van der Waals surface area contributed by atoms with E-state index < -0.39 is 12.2 Å². The molecule has 2 aromatic rings. The van der Waals surface area contributed by atoms with Gasteiger partial charge in [-0.3, -0.25) is 9.69 Å². The van der Waals surface area contributed by atoms with Crippen LogP contribution in [0.25, 0.3) is 10.9 Å². The first-order valence-corrected chi connectivity index (χ1v) is 8.52. The van der Waals surface area contributed by atoms with E-state index in [0.29, 0.717) is 31.9 Å². The van der Waals surface area contributed by atoms with Gasteiger partial charge in [0.15, 0.2) is 0 Å². The molecule has 0 aliphatic carbocycles. The summed E-state index contributed by atoms with van der Waals surface area (Å²) in [6.07, 6.45) is -1.67. The lowest BCUT2D eigenvalue weighted by Crippen LogP contribution is -2.33. The summed E-state index contributed by atoms with van der Waals surface area (Å²) in [5.74, 6) is 0.545. The Hall–Kier alpha value is -2.58. The number of hydrogen-bond donors (Lipinski definition) is 3. The average molecular weight is 361 g/mol. The van der Waals surface area contributed by atoms with Gasteiger partial charge < -0.3 is 24.8 Å². The fourth-order valence-corrected chi connectivity index (χ4v) is 3.41. The minimum Gasteiger partial charge on any atom is -0.497 e. The first-order valence-electron chi connectivity index (χ1n) is 8.52. The summed E-state index contributed by atoms with van der Waals surface area (Å²) in [6, 6.07) is 8.95. The standard InChI is InChI=1S/C18H23N3O5/c1-26-14-4-2-12-3-5-17(23)21(15(12)8-14)7-6-20-10-13(16(22)11-20)9-19-18(24)25/h2-5,8,13,16,19,22H,6-7,9-11H2,1H3,(H,24,25)/t13-,16+/m1/s1. The number of pyridine rings is 1. The number of benzene rings is 1. The van der Waals surface area contributed by atoms with Crippen LogP contribution in [0.1, 0.15) is 0 Å². The van der Waals surface area contributed by atoms with Crippen LogP contribution in [0.15, 0.2) is 35.1 Å². The van der Waals surface area contributed by atoms with Gasteiger partial charge in [0, 0.05) is 50.8 Å². The third-order valence-corrected chi connectivity index (χ3v) is 4.84. The van der Waals surface area contributed by atoms with Crippen molar-refractivity contribution in [2.45, 2.75) is 12.6 Å². The Morgan fingerprint density at radius 3 is 2.77 bits per heavy atom. The van der Waals surface area contributed by atoms with E-state index in [2.05, 4.69) is 5.32 Å². The fourth-order valence-electron chi connectivity index (χ4n) is 3.41. The normalized spacial score (nSPS) is 20.4. The van der Waals surface area contributed by atoms with E-state index in [-0.39, 0.29) is 18.0 Å². The fraction of sp³-hybridized carbons (Fsp3) is 0.444. The van der Waals surface area contributed by atoms with E-state index in [9.17, 15) is 14.7 Å². The molecule has 0 spiro atoms. The summed E-state index contributed by atoms with van der Waals surface area (Å²) >= 11 is 0. The van der Waals surface area contributed by atoms with E-state index >= 15 is 0 Å². The largest absolute Gasteiger partial charge is 0.497 e. The predicted molar refractivity (Wildman–Crippen MR) is 96.7 cm³/mol. The van der Waals surface area contributed by atoms with Crippen LogP contribution in [-0.2, 0) is 6.54 Å². The molecule has 0 saturated carbocycles. The van der Waals surface area contributed by atoms with Crippen molar-refractivity contribution < 1.29 is 19.7 Å². The number of ether oxygens (including phenoxy) is 1. The molecule has 1 aliphatic rings. The molecule has 2 heterocycles. The number of nitrogens with zero attached hydrogens (tertiary/aromatic N) is 2. The number of aliphatic hydroxyl groups is 1. The van der Waals surface area contributed by atoms with Crippen LogP contribution in [0.3, 0.4) is 0 Å². The quantitative estimate of drug-likeness (QED) is 0.695. The van der Waals surface area contributed by atoms with Gasteiger partial charge in [0.2, 0.25) is 0 Å². The molecule has 8 heteroatoms. The van der Waals surface area contributed by atoms with E-state index in [0.717, 1.165) is 10.9 Å². The number of β-amino-alcohol motifs (C(OH)–C–C–N with tert-alkyl or cyclic N) is 1. The van der Waals surface area contributed by atoms with Crippen LogP contribution in [0.2, 0.25) is 0 Å². The molecule has 0 unspecified atom stereocenters. The third-order valence-electron chi connectivity index (χ3n) is 4.84. The highest BCUT2D eigenvalue weighted by Crippen LogP contribution is 2.20. The van der Waals surface area contributed by atoms with Gasteiger partial charge in [0.1, 0.15) is 5.75 Å². The molecule has 140 valence electrons. The highest BCUT2D eigenvalue weighted by atomic mass is 16.5. The van der Waals surface area contributed by atoms with Crippen LogP contribution in [0.4, 0.5) is 4.79 Å². The molecule has 3 N–H and O–H groups in total. The number of amides is 1. The van der Waals surface area contributed by atoms with E-state index in [1.54, 1.807) is 23.8 Å². The number of fused-ring (bicyclic) bond motifs is 1. The molecule has 3 rings (SSSR count). The van der Waals surface area contributed by atoms with Gasteiger partial charge in [-0.15, -0.1) is 0 Å². The van der Waals surface area contributed by atoms with Gasteiger partial charge in [-0.25, -0.2) is 4.79 Å². The Kier molecular flexibility index (Phi) is 5.43. The maximum atomic E-state index is 12.3. The lowest BCUT2D eigenvalue weighted by Gasteiger charge is -2.18. The Balaban J connectivity index is 1.71. The first-order chi connectivity index (χ1) is 12.5. The second-order valence-electron chi connectivity index (χ2n) is 6.52. The third kappa shape index (κ3) is 3.97. The first kappa shape index (κ1) is 18.2. The number of nitrogens with one attached hydrogen (secondary N) is 1. The minimum absolute atomic E-state index is 0.0883. The summed E-state index contributed by atoms with van der Waals surface area (Å²) in [5, 5.41) is 22.1. The predicted octanol–water partition coefficient (Wildman–Crippen LogP) is 0.570. The van der Waals surface area contributed by atoms with Crippen molar-refractivity contribution >= 4 is 17.0 Å². The molecule has 26 heavy (non-hydrogen) atoms. The SMILES string of the molecule is COc1ccc2ccc(=O)n(CCN3C[C@@H](CNC(=O)O)[C@@H](O)C3)c2c1. The molecule has 1 aliphatic heterocycles.